The number of aryl methyl sites for hydroxylation is 2. The van der Waals surface area contributed by atoms with Crippen LogP contribution in [0.15, 0.2) is 36.4 Å². The lowest BCUT2D eigenvalue weighted by molar-refractivity contribution is 0.610. The van der Waals surface area contributed by atoms with E-state index in [1.807, 2.05) is 0 Å². The SMILES string of the molecule is Cc1ccc(CCC2(N)CC2)c2ccccc12. The topological polar surface area (TPSA) is 26.0 Å². The van der Waals surface area contributed by atoms with Gasteiger partial charge in [-0.25, -0.2) is 0 Å². The zero-order valence-corrected chi connectivity index (χ0v) is 10.4. The first-order chi connectivity index (χ1) is 8.18. The van der Waals surface area contributed by atoms with Crippen molar-refractivity contribution < 1.29 is 0 Å². The van der Waals surface area contributed by atoms with E-state index in [9.17, 15) is 0 Å². The quantitative estimate of drug-likeness (QED) is 0.849. The van der Waals surface area contributed by atoms with E-state index in [0.29, 0.717) is 0 Å². The van der Waals surface area contributed by atoms with Gasteiger partial charge in [0, 0.05) is 5.54 Å². The smallest absolute Gasteiger partial charge is 0.0158 e. The Morgan fingerprint density at radius 2 is 1.76 bits per heavy atom. The summed E-state index contributed by atoms with van der Waals surface area (Å²) < 4.78 is 0. The van der Waals surface area contributed by atoms with Gasteiger partial charge in [-0.2, -0.15) is 0 Å². The highest BCUT2D eigenvalue weighted by atomic mass is 14.8. The van der Waals surface area contributed by atoms with Crippen LogP contribution in [-0.4, -0.2) is 5.54 Å². The van der Waals surface area contributed by atoms with E-state index in [4.69, 9.17) is 5.73 Å². The molecule has 17 heavy (non-hydrogen) atoms. The normalized spacial score (nSPS) is 17.3. The molecule has 0 unspecified atom stereocenters. The molecular formula is C16H19N. The molecule has 0 heterocycles. The van der Waals surface area contributed by atoms with Crippen molar-refractivity contribution in [2.45, 2.75) is 38.1 Å². The molecule has 1 saturated carbocycles. The predicted octanol–water partition coefficient (Wildman–Crippen LogP) is 3.57. The Kier molecular flexibility index (Phi) is 2.44. The van der Waals surface area contributed by atoms with Gasteiger partial charge in [-0.15, -0.1) is 0 Å². The molecule has 1 aliphatic rings. The number of hydrogen-bond donors (Lipinski definition) is 1. The molecule has 1 nitrogen and oxygen atoms in total. The van der Waals surface area contributed by atoms with Crippen LogP contribution in [-0.2, 0) is 6.42 Å². The molecular weight excluding hydrogens is 206 g/mol. The highest BCUT2D eigenvalue weighted by molar-refractivity contribution is 5.88. The summed E-state index contributed by atoms with van der Waals surface area (Å²) in [6, 6.07) is 13.2. The minimum atomic E-state index is 0.159. The van der Waals surface area contributed by atoms with E-state index in [1.165, 1.54) is 34.7 Å². The second-order valence-electron chi connectivity index (χ2n) is 5.45. The van der Waals surface area contributed by atoms with Crippen LogP contribution in [0.5, 0.6) is 0 Å². The molecule has 0 spiro atoms. The van der Waals surface area contributed by atoms with Gasteiger partial charge in [0.25, 0.3) is 0 Å². The van der Waals surface area contributed by atoms with Crippen LogP contribution in [0.1, 0.15) is 30.4 Å². The van der Waals surface area contributed by atoms with Gasteiger partial charge in [0.2, 0.25) is 0 Å². The Labute approximate surface area is 103 Å². The fraction of sp³-hybridized carbons (Fsp3) is 0.375. The molecule has 0 radical (unpaired) electrons. The molecule has 0 aromatic heterocycles. The highest BCUT2D eigenvalue weighted by Gasteiger charge is 2.37. The minimum absolute atomic E-state index is 0.159. The number of nitrogens with two attached hydrogens (primary N) is 1. The van der Waals surface area contributed by atoms with Crippen molar-refractivity contribution in [1.29, 1.82) is 0 Å². The summed E-state index contributed by atoms with van der Waals surface area (Å²) >= 11 is 0. The molecule has 0 atom stereocenters. The summed E-state index contributed by atoms with van der Waals surface area (Å²) in [5.74, 6) is 0. The van der Waals surface area contributed by atoms with E-state index < -0.39 is 0 Å². The molecule has 0 amide bonds. The third-order valence-electron chi connectivity index (χ3n) is 4.02. The van der Waals surface area contributed by atoms with E-state index >= 15 is 0 Å². The maximum absolute atomic E-state index is 6.17. The minimum Gasteiger partial charge on any atom is -0.325 e. The Morgan fingerprint density at radius 1 is 1.06 bits per heavy atom. The molecule has 1 heteroatoms. The second kappa shape index (κ2) is 3.85. The van der Waals surface area contributed by atoms with E-state index in [-0.39, 0.29) is 5.54 Å². The van der Waals surface area contributed by atoms with Gasteiger partial charge < -0.3 is 5.73 Å². The standard InChI is InChI=1S/C16H19N/c1-12-6-7-13(8-9-16(17)10-11-16)15-5-3-2-4-14(12)15/h2-7H,8-11,17H2,1H3. The molecule has 0 aliphatic heterocycles. The maximum Gasteiger partial charge on any atom is 0.0158 e. The van der Waals surface area contributed by atoms with Gasteiger partial charge in [-0.05, 0) is 54.5 Å². The summed E-state index contributed by atoms with van der Waals surface area (Å²) in [4.78, 5) is 0. The Hall–Kier alpha value is -1.34. The fourth-order valence-corrected chi connectivity index (χ4v) is 2.52. The zero-order chi connectivity index (χ0) is 11.9. The summed E-state index contributed by atoms with van der Waals surface area (Å²) in [7, 11) is 0. The van der Waals surface area contributed by atoms with Gasteiger partial charge >= 0.3 is 0 Å². The molecule has 2 aromatic carbocycles. The van der Waals surface area contributed by atoms with Gasteiger partial charge in [0.1, 0.15) is 0 Å². The van der Waals surface area contributed by atoms with Crippen molar-refractivity contribution in [3.8, 4) is 0 Å². The zero-order valence-electron chi connectivity index (χ0n) is 10.4. The third-order valence-corrected chi connectivity index (χ3v) is 4.02. The largest absolute Gasteiger partial charge is 0.325 e. The van der Waals surface area contributed by atoms with Crippen molar-refractivity contribution in [1.82, 2.24) is 0 Å². The molecule has 2 N–H and O–H groups in total. The first kappa shape index (κ1) is 10.8. The average Bonchev–Trinajstić information content (AvgIpc) is 3.08. The summed E-state index contributed by atoms with van der Waals surface area (Å²) in [6.45, 7) is 2.18. The number of benzene rings is 2. The van der Waals surface area contributed by atoms with Crippen molar-refractivity contribution >= 4 is 10.8 Å². The molecule has 0 bridgehead atoms. The summed E-state index contributed by atoms with van der Waals surface area (Å²) in [6.07, 6.45) is 4.64. The molecule has 88 valence electrons. The summed E-state index contributed by atoms with van der Waals surface area (Å²) in [5, 5.41) is 2.78. The van der Waals surface area contributed by atoms with Gasteiger partial charge in [0.15, 0.2) is 0 Å². The van der Waals surface area contributed by atoms with Crippen molar-refractivity contribution in [3.05, 3.63) is 47.5 Å². The Bertz CT molecular complexity index is 552. The highest BCUT2D eigenvalue weighted by Crippen LogP contribution is 2.37. The number of rotatable bonds is 3. The van der Waals surface area contributed by atoms with Crippen molar-refractivity contribution in [3.63, 3.8) is 0 Å². The van der Waals surface area contributed by atoms with Crippen LogP contribution < -0.4 is 5.73 Å². The number of hydrogen-bond acceptors (Lipinski definition) is 1. The van der Waals surface area contributed by atoms with E-state index in [1.54, 1.807) is 0 Å². The number of fused-ring (bicyclic) bond motifs is 1. The first-order valence-corrected chi connectivity index (χ1v) is 6.44. The van der Waals surface area contributed by atoms with Crippen LogP contribution in [0.4, 0.5) is 0 Å². The van der Waals surface area contributed by atoms with E-state index in [2.05, 4.69) is 43.3 Å². The maximum atomic E-state index is 6.17. The van der Waals surface area contributed by atoms with Crippen LogP contribution in [0, 0.1) is 6.92 Å². The molecule has 1 aliphatic carbocycles. The lowest BCUT2D eigenvalue weighted by Crippen LogP contribution is -2.22. The van der Waals surface area contributed by atoms with Gasteiger partial charge in [-0.1, -0.05) is 36.4 Å². The molecule has 2 aromatic rings. The van der Waals surface area contributed by atoms with Crippen LogP contribution in [0.2, 0.25) is 0 Å². The van der Waals surface area contributed by atoms with Crippen molar-refractivity contribution in [2.24, 2.45) is 5.73 Å². The second-order valence-corrected chi connectivity index (χ2v) is 5.45. The monoisotopic (exact) mass is 225 g/mol. The third kappa shape index (κ3) is 2.07. The predicted molar refractivity (Wildman–Crippen MR) is 73.2 cm³/mol. The molecule has 0 saturated heterocycles. The van der Waals surface area contributed by atoms with Gasteiger partial charge in [-0.3, -0.25) is 0 Å². The molecule has 3 rings (SSSR count). The van der Waals surface area contributed by atoms with Crippen LogP contribution in [0.3, 0.4) is 0 Å². The van der Waals surface area contributed by atoms with E-state index in [0.717, 1.165) is 12.8 Å². The first-order valence-electron chi connectivity index (χ1n) is 6.44. The summed E-state index contributed by atoms with van der Waals surface area (Å²) in [5.41, 5.74) is 9.13. The Morgan fingerprint density at radius 3 is 2.47 bits per heavy atom. The Balaban J connectivity index is 1.96. The van der Waals surface area contributed by atoms with Gasteiger partial charge in [0.05, 0.1) is 0 Å². The fourth-order valence-electron chi connectivity index (χ4n) is 2.52. The lowest BCUT2D eigenvalue weighted by Gasteiger charge is -2.11. The van der Waals surface area contributed by atoms with Crippen molar-refractivity contribution in [2.75, 3.05) is 0 Å². The average molecular weight is 225 g/mol. The van der Waals surface area contributed by atoms with Crippen LogP contribution in [0.25, 0.3) is 10.8 Å². The lowest BCUT2D eigenvalue weighted by atomic mass is 9.96. The molecule has 1 fully saturated rings. The van der Waals surface area contributed by atoms with Crippen LogP contribution >= 0.6 is 0 Å².